The number of nitrogens with one attached hydrogen (secondary N) is 1. The molecule has 0 fully saturated rings. The van der Waals surface area contributed by atoms with Crippen LogP contribution in [0.2, 0.25) is 5.02 Å². The first-order chi connectivity index (χ1) is 19.1. The van der Waals surface area contributed by atoms with Gasteiger partial charge in [0, 0.05) is 9.92 Å². The summed E-state index contributed by atoms with van der Waals surface area (Å²) in [7, 11) is 0. The second kappa shape index (κ2) is 15.0. The fraction of sp³-hybridized carbons (Fsp3) is 0.548. The minimum absolute atomic E-state index is 0.220. The van der Waals surface area contributed by atoms with E-state index < -0.39 is 29.0 Å². The first-order valence-electron chi connectivity index (χ1n) is 13.8. The lowest BCUT2D eigenvalue weighted by Gasteiger charge is -2.34. The summed E-state index contributed by atoms with van der Waals surface area (Å²) in [5, 5.41) is 13.7. The highest BCUT2D eigenvalue weighted by Gasteiger charge is 2.32. The summed E-state index contributed by atoms with van der Waals surface area (Å²) in [5.41, 5.74) is -1.29. The van der Waals surface area contributed by atoms with Crippen LogP contribution in [0.5, 0.6) is 11.5 Å². The van der Waals surface area contributed by atoms with E-state index in [2.05, 4.69) is 5.32 Å². The molecule has 8 nitrogen and oxygen atoms in total. The Kier molecular flexibility index (Phi) is 12.7. The number of halogens is 1. The second-order valence-corrected chi connectivity index (χ2v) is 13.3. The van der Waals surface area contributed by atoms with Crippen LogP contribution >= 0.6 is 23.4 Å². The van der Waals surface area contributed by atoms with E-state index in [0.717, 1.165) is 16.9 Å². The van der Waals surface area contributed by atoms with Crippen molar-refractivity contribution in [3.05, 3.63) is 47.0 Å². The van der Waals surface area contributed by atoms with Crippen LogP contribution in [0.1, 0.15) is 80.2 Å². The van der Waals surface area contributed by atoms with E-state index >= 15 is 0 Å². The van der Waals surface area contributed by atoms with E-state index in [9.17, 15) is 14.7 Å². The lowest BCUT2D eigenvalue weighted by atomic mass is 9.87. The molecule has 0 aromatic heterocycles. The fourth-order valence-corrected chi connectivity index (χ4v) is 5.30. The molecule has 2 rings (SSSR count). The van der Waals surface area contributed by atoms with Gasteiger partial charge in [-0.2, -0.15) is 0 Å². The van der Waals surface area contributed by atoms with E-state index in [0.29, 0.717) is 47.3 Å². The molecule has 2 aromatic carbocycles. The molecule has 0 aliphatic carbocycles. The Bertz CT molecular complexity index is 1180. The van der Waals surface area contributed by atoms with Gasteiger partial charge < -0.3 is 29.4 Å². The largest absolute Gasteiger partial charge is 0.514 e. The Morgan fingerprint density at radius 2 is 1.63 bits per heavy atom. The topological polar surface area (TPSA) is 103 Å². The molecule has 0 spiro atoms. The molecule has 0 saturated carbocycles. The van der Waals surface area contributed by atoms with Gasteiger partial charge in [-0.05, 0) is 104 Å². The average Bonchev–Trinajstić information content (AvgIpc) is 2.83. The van der Waals surface area contributed by atoms with Crippen LogP contribution < -0.4 is 14.8 Å². The molecule has 228 valence electrons. The predicted octanol–water partition coefficient (Wildman–Crippen LogP) is 8.19. The standard InChI is InChI=1S/C31H44ClNO7S/c1-9-16-31(20-34,33-27(35)39-29(3,4)5)17-15-21-11-13-23(19-24(21)32)41-26-18-22(37-10-2)12-14-25(26)38-28(36)40-30(6,7)8/h11-14,18-19,34H,9-10,15-17,20H2,1-8H3,(H,33,35)/t31-/m0/s1. The van der Waals surface area contributed by atoms with Crippen molar-refractivity contribution in [2.24, 2.45) is 0 Å². The number of ether oxygens (including phenoxy) is 4. The minimum Gasteiger partial charge on any atom is -0.494 e. The molecular formula is C31H44ClNO7S. The molecular weight excluding hydrogens is 566 g/mol. The molecule has 0 heterocycles. The zero-order valence-electron chi connectivity index (χ0n) is 25.4. The molecule has 1 amide bonds. The van der Waals surface area contributed by atoms with Gasteiger partial charge in [-0.15, -0.1) is 0 Å². The molecule has 0 bridgehead atoms. The third-order valence-corrected chi connectivity index (χ3v) is 7.11. The molecule has 0 radical (unpaired) electrons. The third-order valence-electron chi connectivity index (χ3n) is 5.73. The Morgan fingerprint density at radius 3 is 2.20 bits per heavy atom. The van der Waals surface area contributed by atoms with Crippen molar-refractivity contribution in [3.63, 3.8) is 0 Å². The molecule has 1 atom stereocenters. The highest BCUT2D eigenvalue weighted by Crippen LogP contribution is 2.39. The van der Waals surface area contributed by atoms with Crippen molar-refractivity contribution < 1.29 is 33.6 Å². The van der Waals surface area contributed by atoms with Crippen LogP contribution in [-0.4, -0.2) is 47.3 Å². The number of hydrogen-bond acceptors (Lipinski definition) is 8. The van der Waals surface area contributed by atoms with Crippen molar-refractivity contribution in [2.75, 3.05) is 13.2 Å². The second-order valence-electron chi connectivity index (χ2n) is 11.8. The molecule has 2 N–H and O–H groups in total. The van der Waals surface area contributed by atoms with Gasteiger partial charge in [0.1, 0.15) is 22.7 Å². The fourth-order valence-electron chi connectivity index (χ4n) is 4.01. The zero-order chi connectivity index (χ0) is 30.8. The first kappa shape index (κ1) is 34.6. The SMILES string of the molecule is CCC[C@@](CO)(CCc1ccc(Sc2cc(OCC)ccc2OC(=O)OC(C)(C)C)cc1Cl)NC(=O)OC(C)(C)C. The van der Waals surface area contributed by atoms with Crippen LogP contribution in [-0.2, 0) is 15.9 Å². The number of amides is 1. The van der Waals surface area contributed by atoms with E-state index in [1.54, 1.807) is 59.7 Å². The Hall–Kier alpha value is -2.62. The molecule has 0 aliphatic rings. The van der Waals surface area contributed by atoms with Gasteiger partial charge in [0.05, 0.1) is 23.6 Å². The van der Waals surface area contributed by atoms with Gasteiger partial charge in [0.2, 0.25) is 0 Å². The van der Waals surface area contributed by atoms with Gasteiger partial charge >= 0.3 is 12.2 Å². The Balaban J connectivity index is 2.23. The van der Waals surface area contributed by atoms with Crippen molar-refractivity contribution in [3.8, 4) is 11.5 Å². The number of aliphatic hydroxyl groups is 1. The zero-order valence-corrected chi connectivity index (χ0v) is 27.0. The maximum atomic E-state index is 12.5. The van der Waals surface area contributed by atoms with Gasteiger partial charge in [-0.25, -0.2) is 9.59 Å². The van der Waals surface area contributed by atoms with Crippen LogP contribution in [0.4, 0.5) is 9.59 Å². The highest BCUT2D eigenvalue weighted by molar-refractivity contribution is 7.99. The van der Waals surface area contributed by atoms with E-state index in [-0.39, 0.29) is 6.61 Å². The van der Waals surface area contributed by atoms with Crippen molar-refractivity contribution in [2.45, 2.75) is 108 Å². The summed E-state index contributed by atoms with van der Waals surface area (Å²) >= 11 is 8.07. The van der Waals surface area contributed by atoms with Gasteiger partial charge in [0.15, 0.2) is 0 Å². The van der Waals surface area contributed by atoms with Crippen LogP contribution in [0, 0.1) is 0 Å². The van der Waals surface area contributed by atoms with Crippen molar-refractivity contribution in [1.29, 1.82) is 0 Å². The highest BCUT2D eigenvalue weighted by atomic mass is 35.5. The van der Waals surface area contributed by atoms with Gasteiger partial charge in [-0.1, -0.05) is 42.8 Å². The summed E-state index contributed by atoms with van der Waals surface area (Å²) in [4.78, 5) is 26.3. The number of alkyl carbamates (subject to hydrolysis) is 1. The number of carbonyl (C=O) groups is 2. The number of benzene rings is 2. The minimum atomic E-state index is -0.832. The molecule has 2 aromatic rings. The van der Waals surface area contributed by atoms with Crippen molar-refractivity contribution >= 4 is 35.6 Å². The summed E-state index contributed by atoms with van der Waals surface area (Å²) in [6, 6.07) is 10.9. The van der Waals surface area contributed by atoms with Crippen molar-refractivity contribution in [1.82, 2.24) is 5.32 Å². The van der Waals surface area contributed by atoms with E-state index in [4.69, 9.17) is 30.5 Å². The summed E-state index contributed by atoms with van der Waals surface area (Å²) in [5.74, 6) is 0.983. The van der Waals surface area contributed by atoms with Crippen LogP contribution in [0.15, 0.2) is 46.2 Å². The quantitative estimate of drug-likeness (QED) is 0.183. The normalized spacial score (nSPS) is 13.2. The predicted molar refractivity (Wildman–Crippen MR) is 162 cm³/mol. The molecule has 41 heavy (non-hydrogen) atoms. The molecule has 0 unspecified atom stereocenters. The first-order valence-corrected chi connectivity index (χ1v) is 15.0. The maximum absolute atomic E-state index is 12.5. The van der Waals surface area contributed by atoms with E-state index in [1.165, 1.54) is 11.8 Å². The number of rotatable bonds is 12. The van der Waals surface area contributed by atoms with E-state index in [1.807, 2.05) is 32.0 Å². The summed E-state index contributed by atoms with van der Waals surface area (Å²) in [6.07, 6.45) is 1.02. The monoisotopic (exact) mass is 609 g/mol. The smallest absolute Gasteiger partial charge is 0.494 e. The maximum Gasteiger partial charge on any atom is 0.514 e. The van der Waals surface area contributed by atoms with Crippen LogP contribution in [0.25, 0.3) is 0 Å². The third kappa shape index (κ3) is 12.0. The summed E-state index contributed by atoms with van der Waals surface area (Å²) < 4.78 is 21.9. The molecule has 10 heteroatoms. The Morgan fingerprint density at radius 1 is 0.951 bits per heavy atom. The number of hydrogen-bond donors (Lipinski definition) is 2. The molecule has 0 saturated heterocycles. The Labute approximate surface area is 253 Å². The van der Waals surface area contributed by atoms with Gasteiger partial charge in [-0.3, -0.25) is 0 Å². The summed E-state index contributed by atoms with van der Waals surface area (Å²) in [6.45, 7) is 14.9. The van der Waals surface area contributed by atoms with Crippen LogP contribution in [0.3, 0.4) is 0 Å². The molecule has 0 aliphatic heterocycles. The lowest BCUT2D eigenvalue weighted by Crippen LogP contribution is -2.53. The average molecular weight is 610 g/mol. The van der Waals surface area contributed by atoms with Gasteiger partial charge in [0.25, 0.3) is 0 Å². The number of aliphatic hydroxyl groups excluding tert-OH is 1. The number of carbonyl (C=O) groups excluding carboxylic acids is 2. The lowest BCUT2D eigenvalue weighted by molar-refractivity contribution is 0.0200. The number of aryl methyl sites for hydroxylation is 1.